The maximum atomic E-state index is 4.02. The number of benzene rings is 11. The van der Waals surface area contributed by atoms with Gasteiger partial charge in [-0.15, -0.1) is 0 Å². The van der Waals surface area contributed by atoms with Crippen LogP contribution in [0.15, 0.2) is 268 Å². The molecule has 0 amide bonds. The summed E-state index contributed by atoms with van der Waals surface area (Å²) in [6.07, 6.45) is 15.8. The Bertz CT molecular complexity index is 4140. The third-order valence-electron chi connectivity index (χ3n) is 18.1. The van der Waals surface area contributed by atoms with Gasteiger partial charge in [-0.2, -0.15) is 0 Å². The summed E-state index contributed by atoms with van der Waals surface area (Å²) in [5, 5.41) is 2.49. The number of hydrogen-bond acceptors (Lipinski definition) is 1. The molecule has 1 aliphatic rings. The number of fused-ring (bicyclic) bond motifs is 6. The molecule has 0 radical (unpaired) electrons. The van der Waals surface area contributed by atoms with Crippen LogP contribution < -0.4 is 4.90 Å². The number of para-hydroxylation sites is 1. The molecule has 0 spiro atoms. The normalized spacial score (nSPS) is 12.3. The lowest BCUT2D eigenvalue weighted by Crippen LogP contribution is -2.26. The van der Waals surface area contributed by atoms with Gasteiger partial charge in [0.05, 0.1) is 11.0 Å². The first-order chi connectivity index (χ1) is 41.9. The molecule has 416 valence electrons. The van der Waals surface area contributed by atoms with Crippen molar-refractivity contribution >= 4 is 51.0 Å². The fourth-order valence-electron chi connectivity index (χ4n) is 13.6. The van der Waals surface area contributed by atoms with Crippen LogP contribution in [0.25, 0.3) is 106 Å². The van der Waals surface area contributed by atoms with Crippen LogP contribution in [-0.2, 0) is 5.41 Å². The summed E-state index contributed by atoms with van der Waals surface area (Å²) in [4.78, 5) is 2.48. The standard InChI is InChI=1S/C83H74N2/c1-5-9-11-22-50-83(51-23-12-10-6-2)79-57-73(84(71-28-20-15-21-29-71)72-42-38-65(39-43-72)70-53-68(61-24-16-13-17-25-61)52-69(54-70)62-26-18-14-19-27-62)44-46-75(79)76-47-45-74(58-80(76)83)85-81-48-40-66(63-34-30-59(7-3)31-35-63)55-77(81)78-56-67(41-49-82(78)85)64-36-32-60(8-4)33-37-64/h7-8,13-21,24-49,52-58H,3-6,9-12,22-23,50-51H2,1-2H3. The largest absolute Gasteiger partial charge is 0.310 e. The van der Waals surface area contributed by atoms with Crippen molar-refractivity contribution in [2.24, 2.45) is 0 Å². The number of anilines is 3. The quantitative estimate of drug-likeness (QED) is 0.0651. The van der Waals surface area contributed by atoms with E-state index in [-0.39, 0.29) is 5.41 Å². The molecule has 0 atom stereocenters. The molecule has 85 heavy (non-hydrogen) atoms. The summed E-state index contributed by atoms with van der Waals surface area (Å²) in [6.45, 7) is 12.7. The van der Waals surface area contributed by atoms with Crippen molar-refractivity contribution < 1.29 is 0 Å². The summed E-state index contributed by atoms with van der Waals surface area (Å²) >= 11 is 0. The van der Waals surface area contributed by atoms with Crippen LogP contribution in [0.2, 0.25) is 0 Å². The van der Waals surface area contributed by atoms with Gasteiger partial charge in [0.2, 0.25) is 0 Å². The van der Waals surface area contributed by atoms with Crippen LogP contribution in [-0.4, -0.2) is 4.57 Å². The second kappa shape index (κ2) is 24.4. The van der Waals surface area contributed by atoms with Gasteiger partial charge in [-0.3, -0.25) is 0 Å². The van der Waals surface area contributed by atoms with Crippen molar-refractivity contribution in [3.05, 3.63) is 290 Å². The van der Waals surface area contributed by atoms with Crippen LogP contribution in [0.3, 0.4) is 0 Å². The van der Waals surface area contributed by atoms with Crippen molar-refractivity contribution in [1.29, 1.82) is 0 Å². The monoisotopic (exact) mass is 1100 g/mol. The molecule has 2 nitrogen and oxygen atoms in total. The zero-order chi connectivity index (χ0) is 57.7. The molecule has 0 bridgehead atoms. The lowest BCUT2D eigenvalue weighted by atomic mass is 9.70. The average Bonchev–Trinajstić information content (AvgIpc) is 1.70. The highest BCUT2D eigenvalue weighted by atomic mass is 15.1. The van der Waals surface area contributed by atoms with Gasteiger partial charge in [-0.25, -0.2) is 0 Å². The predicted molar refractivity (Wildman–Crippen MR) is 367 cm³/mol. The number of rotatable bonds is 21. The van der Waals surface area contributed by atoms with E-state index in [0.717, 1.165) is 35.3 Å². The zero-order valence-corrected chi connectivity index (χ0v) is 49.3. The van der Waals surface area contributed by atoms with Crippen molar-refractivity contribution in [2.45, 2.75) is 83.5 Å². The first kappa shape index (κ1) is 54.7. The van der Waals surface area contributed by atoms with Gasteiger partial charge in [0, 0.05) is 38.9 Å². The van der Waals surface area contributed by atoms with E-state index in [4.69, 9.17) is 0 Å². The van der Waals surface area contributed by atoms with Gasteiger partial charge in [0.25, 0.3) is 0 Å². The fourth-order valence-corrected chi connectivity index (χ4v) is 13.6. The molecule has 1 aliphatic carbocycles. The van der Waals surface area contributed by atoms with Gasteiger partial charge in [0.15, 0.2) is 0 Å². The van der Waals surface area contributed by atoms with Crippen LogP contribution in [0.1, 0.15) is 100 Å². The molecule has 2 heteroatoms. The topological polar surface area (TPSA) is 8.17 Å². The second-order valence-corrected chi connectivity index (χ2v) is 23.4. The Balaban J connectivity index is 0.947. The molecule has 1 heterocycles. The van der Waals surface area contributed by atoms with E-state index >= 15 is 0 Å². The first-order valence-corrected chi connectivity index (χ1v) is 31.0. The zero-order valence-electron chi connectivity index (χ0n) is 49.3. The summed E-state index contributed by atoms with van der Waals surface area (Å²) in [7, 11) is 0. The molecule has 0 N–H and O–H groups in total. The van der Waals surface area contributed by atoms with Gasteiger partial charge in [0.1, 0.15) is 0 Å². The number of aromatic nitrogens is 1. The third kappa shape index (κ3) is 10.8. The van der Waals surface area contributed by atoms with Crippen molar-refractivity contribution in [2.75, 3.05) is 4.90 Å². The molecule has 0 aliphatic heterocycles. The van der Waals surface area contributed by atoms with Crippen molar-refractivity contribution in [1.82, 2.24) is 4.57 Å². The van der Waals surface area contributed by atoms with Crippen LogP contribution in [0.4, 0.5) is 17.1 Å². The van der Waals surface area contributed by atoms with Gasteiger partial charge >= 0.3 is 0 Å². The Hall–Kier alpha value is -9.50. The van der Waals surface area contributed by atoms with Gasteiger partial charge < -0.3 is 9.47 Å². The van der Waals surface area contributed by atoms with E-state index in [0.29, 0.717) is 0 Å². The first-order valence-electron chi connectivity index (χ1n) is 31.0. The second-order valence-electron chi connectivity index (χ2n) is 23.4. The van der Waals surface area contributed by atoms with Crippen molar-refractivity contribution in [3.63, 3.8) is 0 Å². The lowest BCUT2D eigenvalue weighted by Gasteiger charge is -2.34. The average molecular weight is 1100 g/mol. The minimum absolute atomic E-state index is 0.182. The third-order valence-corrected chi connectivity index (χ3v) is 18.1. The minimum atomic E-state index is -0.182. The molecule has 11 aromatic carbocycles. The summed E-state index contributed by atoms with van der Waals surface area (Å²) in [6, 6.07) is 95.4. The highest BCUT2D eigenvalue weighted by molar-refractivity contribution is 6.12. The Morgan fingerprint density at radius 2 is 0.741 bits per heavy atom. The van der Waals surface area contributed by atoms with Gasteiger partial charge in [-0.05, 0) is 193 Å². The molecular formula is C83H74N2. The molecule has 0 fully saturated rings. The maximum Gasteiger partial charge on any atom is 0.0541 e. The van der Waals surface area contributed by atoms with Gasteiger partial charge in [-0.1, -0.05) is 254 Å². The van der Waals surface area contributed by atoms with E-state index < -0.39 is 0 Å². The Kier molecular flexibility index (Phi) is 15.7. The Morgan fingerprint density at radius 3 is 1.22 bits per heavy atom. The molecule has 13 rings (SSSR count). The van der Waals surface area contributed by atoms with Crippen LogP contribution in [0, 0.1) is 0 Å². The van der Waals surface area contributed by atoms with E-state index in [9.17, 15) is 0 Å². The van der Waals surface area contributed by atoms with E-state index in [2.05, 4.69) is 291 Å². The highest BCUT2D eigenvalue weighted by Crippen LogP contribution is 2.57. The summed E-state index contributed by atoms with van der Waals surface area (Å²) in [5.41, 5.74) is 26.8. The molecular weight excluding hydrogens is 1020 g/mol. The SMILES string of the molecule is C=Cc1ccc(-c2ccc3c(c2)c2cc(-c4ccc(C=C)cc4)ccc2n3-c2ccc3c(c2)C(CCCCCC)(CCCCCC)c2cc(N(c4ccccc4)c4ccc(-c5cc(-c6ccccc6)cc(-c6ccccc6)c5)cc4)ccc2-3)cc1. The van der Waals surface area contributed by atoms with Crippen LogP contribution >= 0.6 is 0 Å². The molecule has 12 aromatic rings. The van der Waals surface area contributed by atoms with E-state index in [1.165, 1.54) is 162 Å². The maximum absolute atomic E-state index is 4.02. The smallest absolute Gasteiger partial charge is 0.0541 e. The predicted octanol–water partition coefficient (Wildman–Crippen LogP) is 24.1. The van der Waals surface area contributed by atoms with Crippen LogP contribution in [0.5, 0.6) is 0 Å². The Labute approximate surface area is 503 Å². The molecule has 1 aromatic heterocycles. The molecule has 0 saturated heterocycles. The fraction of sp³-hybridized carbons (Fsp3) is 0.157. The van der Waals surface area contributed by atoms with E-state index in [1.54, 1.807) is 0 Å². The number of hydrogen-bond donors (Lipinski definition) is 0. The Morgan fingerprint density at radius 1 is 0.341 bits per heavy atom. The molecule has 0 unspecified atom stereocenters. The minimum Gasteiger partial charge on any atom is -0.310 e. The molecule has 0 saturated carbocycles. The van der Waals surface area contributed by atoms with Crippen molar-refractivity contribution in [3.8, 4) is 72.4 Å². The number of unbranched alkanes of at least 4 members (excludes halogenated alkanes) is 6. The summed E-state index contributed by atoms with van der Waals surface area (Å²) in [5.74, 6) is 0. The lowest BCUT2D eigenvalue weighted by molar-refractivity contribution is 0.401. The summed E-state index contributed by atoms with van der Waals surface area (Å²) < 4.78 is 2.55. The number of nitrogens with zero attached hydrogens (tertiary/aromatic N) is 2. The van der Waals surface area contributed by atoms with E-state index in [1.807, 2.05) is 12.2 Å². The highest BCUT2D eigenvalue weighted by Gasteiger charge is 2.43.